The summed E-state index contributed by atoms with van der Waals surface area (Å²) in [5.74, 6) is -1.50. The van der Waals surface area contributed by atoms with Gasteiger partial charge in [-0.15, -0.1) is 11.3 Å². The fraction of sp³-hybridized carbons (Fsp3) is 0.357. The first-order valence-corrected chi connectivity index (χ1v) is 15.0. The quantitative estimate of drug-likeness (QED) is 0.392. The molecule has 2 N–H and O–H groups in total. The van der Waals surface area contributed by atoms with Gasteiger partial charge in [0, 0.05) is 29.6 Å². The maximum atomic E-state index is 13.9. The number of nitrogens with one attached hydrogen (secondary N) is 2. The zero-order valence-corrected chi connectivity index (χ0v) is 23.5. The molecule has 5 rings (SSSR count). The zero-order chi connectivity index (χ0) is 28.0. The van der Waals surface area contributed by atoms with Crippen molar-refractivity contribution in [2.75, 3.05) is 10.0 Å². The molecular weight excluding hydrogens is 536 g/mol. The summed E-state index contributed by atoms with van der Waals surface area (Å²) in [5, 5.41) is 4.71. The summed E-state index contributed by atoms with van der Waals surface area (Å²) >= 11 is 1.16. The highest BCUT2D eigenvalue weighted by atomic mass is 32.2. The Kier molecular flexibility index (Phi) is 6.84. The highest BCUT2D eigenvalue weighted by molar-refractivity contribution is 7.93. The monoisotopic (exact) mass is 566 g/mol. The Morgan fingerprint density at radius 3 is 2.44 bits per heavy atom. The molecule has 3 unspecified atom stereocenters. The second-order valence-electron chi connectivity index (χ2n) is 10.8. The van der Waals surface area contributed by atoms with Crippen LogP contribution in [0.25, 0.3) is 0 Å². The number of rotatable bonds is 8. The summed E-state index contributed by atoms with van der Waals surface area (Å²) in [4.78, 5) is 46.4. The number of fused-ring (bicyclic) bond motifs is 2. The van der Waals surface area contributed by atoms with E-state index in [2.05, 4.69) is 15.0 Å². The molecule has 2 aromatic carbocycles. The molecule has 11 heteroatoms. The van der Waals surface area contributed by atoms with E-state index in [4.69, 9.17) is 0 Å². The van der Waals surface area contributed by atoms with Crippen LogP contribution in [0.5, 0.6) is 0 Å². The van der Waals surface area contributed by atoms with Crippen molar-refractivity contribution in [1.29, 1.82) is 0 Å². The third-order valence-corrected chi connectivity index (χ3v) is 10.6. The second kappa shape index (κ2) is 9.87. The fourth-order valence-corrected chi connectivity index (χ4v) is 7.46. The van der Waals surface area contributed by atoms with Gasteiger partial charge in [-0.05, 0) is 48.1 Å². The fourth-order valence-electron chi connectivity index (χ4n) is 5.67. The van der Waals surface area contributed by atoms with Crippen LogP contribution in [-0.4, -0.2) is 42.1 Å². The zero-order valence-electron chi connectivity index (χ0n) is 21.9. The average molecular weight is 567 g/mol. The number of aromatic nitrogens is 1. The van der Waals surface area contributed by atoms with Gasteiger partial charge in [-0.25, -0.2) is 13.4 Å². The van der Waals surface area contributed by atoms with E-state index in [1.54, 1.807) is 5.38 Å². The van der Waals surface area contributed by atoms with E-state index in [-0.39, 0.29) is 34.2 Å². The number of imide groups is 1. The average Bonchev–Trinajstić information content (AvgIpc) is 3.46. The molecule has 2 heterocycles. The van der Waals surface area contributed by atoms with E-state index in [9.17, 15) is 22.8 Å². The first-order valence-electron chi connectivity index (χ1n) is 12.7. The lowest BCUT2D eigenvalue weighted by Gasteiger charge is -2.49. The highest BCUT2D eigenvalue weighted by Crippen LogP contribution is 2.60. The van der Waals surface area contributed by atoms with Crippen LogP contribution in [0, 0.1) is 16.7 Å². The van der Waals surface area contributed by atoms with Crippen molar-refractivity contribution in [3.05, 3.63) is 71.7 Å². The van der Waals surface area contributed by atoms with Crippen LogP contribution < -0.4 is 10.0 Å². The van der Waals surface area contributed by atoms with Crippen molar-refractivity contribution in [2.45, 2.75) is 51.0 Å². The van der Waals surface area contributed by atoms with Crippen LogP contribution in [-0.2, 0) is 30.8 Å². The van der Waals surface area contributed by atoms with Gasteiger partial charge < -0.3 is 5.32 Å². The van der Waals surface area contributed by atoms with E-state index in [0.717, 1.165) is 16.9 Å². The van der Waals surface area contributed by atoms with Crippen molar-refractivity contribution < 1.29 is 22.8 Å². The van der Waals surface area contributed by atoms with Crippen LogP contribution in [0.2, 0.25) is 0 Å². The van der Waals surface area contributed by atoms with E-state index in [1.807, 2.05) is 51.1 Å². The van der Waals surface area contributed by atoms with E-state index in [0.29, 0.717) is 18.5 Å². The minimum absolute atomic E-state index is 0.00431. The molecule has 2 fully saturated rings. The van der Waals surface area contributed by atoms with Crippen LogP contribution in [0.15, 0.2) is 71.1 Å². The van der Waals surface area contributed by atoms with Gasteiger partial charge in [0.25, 0.3) is 10.0 Å². The smallest absolute Gasteiger partial charge is 0.263 e. The summed E-state index contributed by atoms with van der Waals surface area (Å²) < 4.78 is 27.7. The predicted molar refractivity (Wildman–Crippen MR) is 148 cm³/mol. The number of hydrogen-bond donors (Lipinski definition) is 2. The molecule has 1 aliphatic carbocycles. The van der Waals surface area contributed by atoms with Crippen molar-refractivity contribution in [3.63, 3.8) is 0 Å². The molecule has 3 amide bonds. The number of hydrogen-bond acceptors (Lipinski definition) is 7. The van der Waals surface area contributed by atoms with Crippen molar-refractivity contribution in [3.8, 4) is 0 Å². The Balaban J connectivity index is 1.41. The minimum Gasteiger partial charge on any atom is -0.324 e. The van der Waals surface area contributed by atoms with Gasteiger partial charge in [0.1, 0.15) is 6.04 Å². The summed E-state index contributed by atoms with van der Waals surface area (Å²) in [6, 6.07) is 13.9. The van der Waals surface area contributed by atoms with Gasteiger partial charge in [-0.2, -0.15) is 0 Å². The standard InChI is InChI=1S/C28H30N4O5S2/c1-27(2)21-13-14-28(27,3)25(35)32(24(21)34)22(17-18-7-5-4-6-8-18)23(33)30-19-9-11-20(12-10-19)39(36,37)31-26-29-15-16-38-26/h4-12,15-16,21-22H,13-14,17H2,1-3H3,(H,29,31)(H,30,33). The lowest BCUT2D eigenvalue weighted by Crippen LogP contribution is -2.64. The number of piperidine rings is 1. The molecule has 2 bridgehead atoms. The summed E-state index contributed by atoms with van der Waals surface area (Å²) in [5.41, 5.74) is -0.0892. The van der Waals surface area contributed by atoms with Gasteiger partial charge in [0.2, 0.25) is 17.7 Å². The summed E-state index contributed by atoms with van der Waals surface area (Å²) in [7, 11) is -3.85. The number of likely N-dealkylation sites (tertiary alicyclic amines) is 1. The third-order valence-electron chi connectivity index (χ3n) is 8.42. The van der Waals surface area contributed by atoms with Crippen molar-refractivity contribution in [1.82, 2.24) is 9.88 Å². The van der Waals surface area contributed by atoms with E-state index < -0.39 is 32.8 Å². The third kappa shape index (κ3) is 4.74. The minimum atomic E-state index is -3.85. The number of amides is 3. The van der Waals surface area contributed by atoms with Gasteiger partial charge in [-0.3, -0.25) is 24.0 Å². The number of carbonyl (C=O) groups excluding carboxylic acids is 3. The van der Waals surface area contributed by atoms with Crippen LogP contribution in [0.3, 0.4) is 0 Å². The van der Waals surface area contributed by atoms with Crippen LogP contribution in [0.1, 0.15) is 39.2 Å². The van der Waals surface area contributed by atoms with Crippen molar-refractivity contribution >= 4 is 49.9 Å². The first-order chi connectivity index (χ1) is 18.4. The molecule has 3 atom stereocenters. The highest BCUT2D eigenvalue weighted by Gasteiger charge is 2.65. The first kappa shape index (κ1) is 27.0. The summed E-state index contributed by atoms with van der Waals surface area (Å²) in [6.45, 7) is 5.82. The van der Waals surface area contributed by atoms with Crippen molar-refractivity contribution in [2.24, 2.45) is 16.7 Å². The molecule has 1 aromatic heterocycles. The summed E-state index contributed by atoms with van der Waals surface area (Å²) in [6.07, 6.45) is 2.86. The number of benzene rings is 2. The van der Waals surface area contributed by atoms with E-state index >= 15 is 0 Å². The number of sulfonamides is 1. The Morgan fingerprint density at radius 1 is 1.10 bits per heavy atom. The number of carbonyl (C=O) groups is 3. The molecular formula is C28H30N4O5S2. The Bertz CT molecular complexity index is 1500. The molecule has 1 saturated carbocycles. The molecule has 2 aliphatic rings. The maximum Gasteiger partial charge on any atom is 0.263 e. The molecule has 0 spiro atoms. The van der Waals surface area contributed by atoms with Gasteiger partial charge in [-0.1, -0.05) is 51.1 Å². The normalized spacial score (nSPS) is 22.9. The second-order valence-corrected chi connectivity index (χ2v) is 13.4. The van der Waals surface area contributed by atoms with Gasteiger partial charge in [0.15, 0.2) is 5.13 Å². The molecule has 1 aliphatic heterocycles. The Hall–Kier alpha value is -3.57. The SMILES string of the molecule is CC12CCC(C(=O)N(C(Cc3ccccc3)C(=O)Nc3ccc(S(=O)(=O)Nc4nccs4)cc3)C1=O)C2(C)C. The largest absolute Gasteiger partial charge is 0.324 e. The molecule has 39 heavy (non-hydrogen) atoms. The molecule has 0 radical (unpaired) electrons. The topological polar surface area (TPSA) is 126 Å². The molecule has 9 nitrogen and oxygen atoms in total. The van der Waals surface area contributed by atoms with E-state index in [1.165, 1.54) is 35.4 Å². The predicted octanol–water partition coefficient (Wildman–Crippen LogP) is 4.31. The van der Waals surface area contributed by atoms with Gasteiger partial charge in [0.05, 0.1) is 10.3 Å². The van der Waals surface area contributed by atoms with Crippen LogP contribution in [0.4, 0.5) is 10.8 Å². The molecule has 1 saturated heterocycles. The molecule has 3 aromatic rings. The lowest BCUT2D eigenvalue weighted by atomic mass is 9.62. The Morgan fingerprint density at radius 2 is 1.79 bits per heavy atom. The molecule has 204 valence electrons. The number of thiazole rings is 1. The lowest BCUT2D eigenvalue weighted by molar-refractivity contribution is -0.172. The van der Waals surface area contributed by atoms with Crippen LogP contribution >= 0.6 is 11.3 Å². The Labute approximate surface area is 231 Å². The van der Waals surface area contributed by atoms with Gasteiger partial charge >= 0.3 is 0 Å². The maximum absolute atomic E-state index is 13.9. The number of nitrogens with zero attached hydrogens (tertiary/aromatic N) is 2. The number of anilines is 2.